The minimum atomic E-state index is 0.680. The Morgan fingerprint density at radius 3 is 2.53 bits per heavy atom. The zero-order valence-corrected chi connectivity index (χ0v) is 12.3. The Balaban J connectivity index is 2.17. The van der Waals surface area contributed by atoms with Crippen LogP contribution in [0.15, 0.2) is 0 Å². The molecule has 1 saturated heterocycles. The fourth-order valence-corrected chi connectivity index (χ4v) is 3.15. The normalized spacial score (nSPS) is 24.2. The van der Waals surface area contributed by atoms with Crippen molar-refractivity contribution < 1.29 is 0 Å². The van der Waals surface area contributed by atoms with Crippen molar-refractivity contribution >= 4 is 0 Å². The number of rotatable bonds is 7. The van der Waals surface area contributed by atoms with E-state index in [9.17, 15) is 0 Å². The summed E-state index contributed by atoms with van der Waals surface area (Å²) < 4.78 is 0. The lowest BCUT2D eigenvalue weighted by atomic mass is 9.95. The summed E-state index contributed by atoms with van der Waals surface area (Å²) in [5.41, 5.74) is 0. The Morgan fingerprint density at radius 1 is 1.24 bits per heavy atom. The molecule has 0 aliphatic carbocycles. The van der Waals surface area contributed by atoms with Crippen molar-refractivity contribution in [1.29, 1.82) is 0 Å². The minimum Gasteiger partial charge on any atom is -0.314 e. The standard InChI is InChI=1S/C15H32N2/c1-5-14(6-2)13(3)16-11-10-15-9-7-8-12-17(15)4/h13-16H,5-12H2,1-4H3. The van der Waals surface area contributed by atoms with Gasteiger partial charge in [0.25, 0.3) is 0 Å². The van der Waals surface area contributed by atoms with Gasteiger partial charge in [-0.15, -0.1) is 0 Å². The molecule has 2 nitrogen and oxygen atoms in total. The number of nitrogens with zero attached hydrogens (tertiary/aromatic N) is 1. The summed E-state index contributed by atoms with van der Waals surface area (Å²) in [6, 6.07) is 1.50. The first-order chi connectivity index (χ1) is 8.19. The second kappa shape index (κ2) is 8.10. The van der Waals surface area contributed by atoms with Crippen molar-refractivity contribution in [3.05, 3.63) is 0 Å². The fourth-order valence-electron chi connectivity index (χ4n) is 3.15. The molecule has 0 saturated carbocycles. The second-order valence-electron chi connectivity index (χ2n) is 5.74. The Labute approximate surface area is 108 Å². The van der Waals surface area contributed by atoms with Gasteiger partial charge < -0.3 is 10.2 Å². The van der Waals surface area contributed by atoms with Gasteiger partial charge in [-0.1, -0.05) is 33.1 Å². The molecular formula is C15H32N2. The van der Waals surface area contributed by atoms with Gasteiger partial charge in [0.1, 0.15) is 0 Å². The van der Waals surface area contributed by atoms with Crippen molar-refractivity contribution in [1.82, 2.24) is 10.2 Å². The molecule has 0 bridgehead atoms. The number of likely N-dealkylation sites (tertiary alicyclic amines) is 1. The van der Waals surface area contributed by atoms with Gasteiger partial charge in [-0.25, -0.2) is 0 Å². The topological polar surface area (TPSA) is 15.3 Å². The summed E-state index contributed by atoms with van der Waals surface area (Å²) >= 11 is 0. The van der Waals surface area contributed by atoms with Crippen LogP contribution in [0.2, 0.25) is 0 Å². The van der Waals surface area contributed by atoms with Crippen LogP contribution in [-0.4, -0.2) is 37.1 Å². The van der Waals surface area contributed by atoms with Crippen LogP contribution in [0.1, 0.15) is 59.3 Å². The Bertz CT molecular complexity index is 189. The van der Waals surface area contributed by atoms with E-state index >= 15 is 0 Å². The summed E-state index contributed by atoms with van der Waals surface area (Å²) in [7, 11) is 2.29. The number of nitrogens with one attached hydrogen (secondary N) is 1. The predicted octanol–water partition coefficient (Wildman–Crippen LogP) is 3.28. The Kier molecular flexibility index (Phi) is 7.14. The van der Waals surface area contributed by atoms with E-state index in [-0.39, 0.29) is 0 Å². The van der Waals surface area contributed by atoms with Crippen LogP contribution in [0.25, 0.3) is 0 Å². The molecule has 2 unspecified atom stereocenters. The van der Waals surface area contributed by atoms with Gasteiger partial charge in [-0.05, 0) is 52.2 Å². The van der Waals surface area contributed by atoms with E-state index in [2.05, 4.69) is 38.0 Å². The van der Waals surface area contributed by atoms with Gasteiger partial charge in [0.15, 0.2) is 0 Å². The monoisotopic (exact) mass is 240 g/mol. The maximum absolute atomic E-state index is 3.73. The predicted molar refractivity (Wildman–Crippen MR) is 76.4 cm³/mol. The molecule has 0 aromatic rings. The summed E-state index contributed by atoms with van der Waals surface area (Å²) in [4.78, 5) is 2.55. The molecule has 1 aliphatic rings. The zero-order chi connectivity index (χ0) is 12.7. The van der Waals surface area contributed by atoms with Crippen LogP contribution in [0.4, 0.5) is 0 Å². The first-order valence-electron chi connectivity index (χ1n) is 7.62. The van der Waals surface area contributed by atoms with E-state index in [4.69, 9.17) is 0 Å². The highest BCUT2D eigenvalue weighted by Crippen LogP contribution is 2.18. The Morgan fingerprint density at radius 2 is 1.94 bits per heavy atom. The minimum absolute atomic E-state index is 0.680. The molecule has 1 rings (SSSR count). The van der Waals surface area contributed by atoms with E-state index in [1.165, 1.54) is 51.6 Å². The van der Waals surface area contributed by atoms with Crippen LogP contribution in [0.5, 0.6) is 0 Å². The smallest absolute Gasteiger partial charge is 0.0104 e. The average molecular weight is 240 g/mol. The molecule has 1 fully saturated rings. The molecule has 1 N–H and O–H groups in total. The van der Waals surface area contributed by atoms with Crippen molar-refractivity contribution in [2.45, 2.75) is 71.4 Å². The molecule has 0 amide bonds. The van der Waals surface area contributed by atoms with E-state index in [1.807, 2.05) is 0 Å². The second-order valence-corrected chi connectivity index (χ2v) is 5.74. The molecule has 17 heavy (non-hydrogen) atoms. The highest BCUT2D eigenvalue weighted by molar-refractivity contribution is 4.76. The first-order valence-corrected chi connectivity index (χ1v) is 7.62. The molecule has 102 valence electrons. The third-order valence-electron chi connectivity index (χ3n) is 4.62. The van der Waals surface area contributed by atoms with Crippen LogP contribution in [-0.2, 0) is 0 Å². The SMILES string of the molecule is CCC(CC)C(C)NCCC1CCCCN1C. The lowest BCUT2D eigenvalue weighted by Gasteiger charge is -2.33. The lowest BCUT2D eigenvalue weighted by molar-refractivity contribution is 0.173. The average Bonchev–Trinajstić information content (AvgIpc) is 2.33. The molecule has 0 aromatic heterocycles. The molecule has 2 atom stereocenters. The summed E-state index contributed by atoms with van der Waals surface area (Å²) in [5.74, 6) is 0.846. The molecule has 0 aromatic carbocycles. The molecular weight excluding hydrogens is 208 g/mol. The van der Waals surface area contributed by atoms with E-state index < -0.39 is 0 Å². The third kappa shape index (κ3) is 4.97. The summed E-state index contributed by atoms with van der Waals surface area (Å²) in [6.45, 7) is 9.45. The van der Waals surface area contributed by atoms with Gasteiger partial charge in [-0.3, -0.25) is 0 Å². The lowest BCUT2D eigenvalue weighted by Crippen LogP contribution is -2.40. The Hall–Kier alpha value is -0.0800. The molecule has 1 heterocycles. The third-order valence-corrected chi connectivity index (χ3v) is 4.62. The largest absolute Gasteiger partial charge is 0.314 e. The summed E-state index contributed by atoms with van der Waals surface area (Å²) in [6.07, 6.45) is 8.14. The van der Waals surface area contributed by atoms with E-state index in [1.54, 1.807) is 0 Å². The van der Waals surface area contributed by atoms with Crippen LogP contribution >= 0.6 is 0 Å². The fraction of sp³-hybridized carbons (Fsp3) is 1.00. The molecule has 1 aliphatic heterocycles. The molecule has 0 radical (unpaired) electrons. The van der Waals surface area contributed by atoms with E-state index in [0.29, 0.717) is 6.04 Å². The quantitative estimate of drug-likeness (QED) is 0.735. The van der Waals surface area contributed by atoms with Gasteiger partial charge >= 0.3 is 0 Å². The van der Waals surface area contributed by atoms with Gasteiger partial charge in [0, 0.05) is 12.1 Å². The van der Waals surface area contributed by atoms with Crippen molar-refractivity contribution in [3.63, 3.8) is 0 Å². The van der Waals surface area contributed by atoms with Crippen molar-refractivity contribution in [3.8, 4) is 0 Å². The highest BCUT2D eigenvalue weighted by Gasteiger charge is 2.19. The zero-order valence-electron chi connectivity index (χ0n) is 12.3. The van der Waals surface area contributed by atoms with Gasteiger partial charge in [-0.2, -0.15) is 0 Å². The number of hydrogen-bond acceptors (Lipinski definition) is 2. The van der Waals surface area contributed by atoms with Gasteiger partial charge in [0.2, 0.25) is 0 Å². The van der Waals surface area contributed by atoms with Crippen molar-refractivity contribution in [2.75, 3.05) is 20.1 Å². The van der Waals surface area contributed by atoms with E-state index in [0.717, 1.165) is 12.0 Å². The van der Waals surface area contributed by atoms with Gasteiger partial charge in [0.05, 0.1) is 0 Å². The number of piperidine rings is 1. The summed E-state index contributed by atoms with van der Waals surface area (Å²) in [5, 5.41) is 3.73. The van der Waals surface area contributed by atoms with Crippen molar-refractivity contribution in [2.24, 2.45) is 5.92 Å². The number of hydrogen-bond donors (Lipinski definition) is 1. The first kappa shape index (κ1) is 15.0. The van der Waals surface area contributed by atoms with Crippen LogP contribution in [0.3, 0.4) is 0 Å². The van der Waals surface area contributed by atoms with Crippen LogP contribution < -0.4 is 5.32 Å². The molecule has 2 heteroatoms. The highest BCUT2D eigenvalue weighted by atomic mass is 15.1. The maximum atomic E-state index is 3.73. The molecule has 0 spiro atoms. The van der Waals surface area contributed by atoms with Crippen LogP contribution in [0, 0.1) is 5.92 Å². The maximum Gasteiger partial charge on any atom is 0.0104 e.